The third kappa shape index (κ3) is 5.01. The molecule has 1 aromatic heterocycles. The molecule has 1 fully saturated rings. The van der Waals surface area contributed by atoms with Gasteiger partial charge in [-0.15, -0.1) is 0 Å². The molecular formula is C19H23N3O5S2. The standard InChI is InChI=1S/C19H23N3O5S2/c1-26-15-6-7-16(27-2)17(13-15)29(24,25)22-11-9-21(10-12-22)19(23)14-28-18-5-3-4-8-20-18/h3-8,13H,9-12,14H2,1-2H3. The maximum Gasteiger partial charge on any atom is 0.247 e. The number of rotatable bonds is 7. The lowest BCUT2D eigenvalue weighted by Gasteiger charge is -2.34. The van der Waals surface area contributed by atoms with E-state index in [4.69, 9.17) is 9.47 Å². The van der Waals surface area contributed by atoms with Crippen LogP contribution in [0.2, 0.25) is 0 Å². The van der Waals surface area contributed by atoms with E-state index in [-0.39, 0.29) is 35.4 Å². The number of ether oxygens (including phenoxy) is 2. The fourth-order valence-electron chi connectivity index (χ4n) is 2.96. The molecule has 3 rings (SSSR count). The van der Waals surface area contributed by atoms with Gasteiger partial charge in [-0.2, -0.15) is 4.31 Å². The minimum atomic E-state index is -3.77. The SMILES string of the molecule is COc1ccc(OC)c(S(=O)(=O)N2CCN(C(=O)CSc3ccccn3)CC2)c1. The molecule has 1 saturated heterocycles. The number of sulfonamides is 1. The van der Waals surface area contributed by atoms with Gasteiger partial charge in [0.15, 0.2) is 0 Å². The van der Waals surface area contributed by atoms with E-state index in [0.717, 1.165) is 5.03 Å². The van der Waals surface area contributed by atoms with Gasteiger partial charge < -0.3 is 14.4 Å². The highest BCUT2D eigenvalue weighted by Crippen LogP contribution is 2.31. The maximum atomic E-state index is 13.1. The Morgan fingerprint density at radius 1 is 1.10 bits per heavy atom. The number of pyridine rings is 1. The summed E-state index contributed by atoms with van der Waals surface area (Å²) >= 11 is 1.37. The lowest BCUT2D eigenvalue weighted by molar-refractivity contribution is -0.129. The van der Waals surface area contributed by atoms with Crippen molar-refractivity contribution in [1.29, 1.82) is 0 Å². The molecule has 1 amide bonds. The summed E-state index contributed by atoms with van der Waals surface area (Å²) < 4.78 is 37.9. The number of aromatic nitrogens is 1. The Morgan fingerprint density at radius 2 is 1.86 bits per heavy atom. The van der Waals surface area contributed by atoms with Crippen LogP contribution < -0.4 is 9.47 Å². The Balaban J connectivity index is 1.63. The van der Waals surface area contributed by atoms with Crippen LogP contribution in [-0.4, -0.2) is 74.7 Å². The van der Waals surface area contributed by atoms with Crippen LogP contribution >= 0.6 is 11.8 Å². The van der Waals surface area contributed by atoms with Crippen molar-refractivity contribution < 1.29 is 22.7 Å². The second-order valence-corrected chi connectivity index (χ2v) is 9.16. The number of methoxy groups -OCH3 is 2. The van der Waals surface area contributed by atoms with Crippen molar-refractivity contribution in [3.05, 3.63) is 42.6 Å². The molecule has 0 unspecified atom stereocenters. The number of piperazine rings is 1. The molecule has 2 aromatic rings. The summed E-state index contributed by atoms with van der Waals surface area (Å²) in [5.41, 5.74) is 0. The van der Waals surface area contributed by atoms with Gasteiger partial charge >= 0.3 is 0 Å². The molecule has 0 saturated carbocycles. The van der Waals surface area contributed by atoms with Crippen LogP contribution in [0, 0.1) is 0 Å². The largest absolute Gasteiger partial charge is 0.497 e. The summed E-state index contributed by atoms with van der Waals surface area (Å²) in [6, 6.07) is 10.2. The van der Waals surface area contributed by atoms with Gasteiger partial charge in [-0.3, -0.25) is 4.79 Å². The molecule has 0 N–H and O–H groups in total. The number of amides is 1. The van der Waals surface area contributed by atoms with E-state index in [9.17, 15) is 13.2 Å². The van der Waals surface area contributed by atoms with Gasteiger partial charge in [0.1, 0.15) is 16.4 Å². The lowest BCUT2D eigenvalue weighted by Crippen LogP contribution is -2.51. The van der Waals surface area contributed by atoms with E-state index in [1.165, 1.54) is 36.4 Å². The van der Waals surface area contributed by atoms with E-state index < -0.39 is 10.0 Å². The van der Waals surface area contributed by atoms with Crippen molar-refractivity contribution in [2.24, 2.45) is 0 Å². The number of nitrogens with zero attached hydrogens (tertiary/aromatic N) is 3. The average Bonchev–Trinajstić information content (AvgIpc) is 2.77. The number of carbonyl (C=O) groups is 1. The van der Waals surface area contributed by atoms with E-state index >= 15 is 0 Å². The Morgan fingerprint density at radius 3 is 2.48 bits per heavy atom. The molecule has 156 valence electrons. The van der Waals surface area contributed by atoms with Crippen molar-refractivity contribution in [2.45, 2.75) is 9.92 Å². The van der Waals surface area contributed by atoms with Crippen LogP contribution in [-0.2, 0) is 14.8 Å². The predicted octanol–water partition coefficient (Wildman–Crippen LogP) is 1.72. The zero-order chi connectivity index (χ0) is 20.9. The molecular weight excluding hydrogens is 414 g/mol. The summed E-state index contributed by atoms with van der Waals surface area (Å²) in [6.45, 7) is 1.13. The second kappa shape index (κ2) is 9.47. The number of benzene rings is 1. The summed E-state index contributed by atoms with van der Waals surface area (Å²) in [7, 11) is -0.862. The first kappa shape index (κ1) is 21.4. The summed E-state index contributed by atoms with van der Waals surface area (Å²) in [5, 5.41) is 0.784. The molecule has 0 radical (unpaired) electrons. The molecule has 1 aliphatic rings. The van der Waals surface area contributed by atoms with E-state index in [0.29, 0.717) is 18.8 Å². The van der Waals surface area contributed by atoms with Gasteiger partial charge in [0.25, 0.3) is 0 Å². The van der Waals surface area contributed by atoms with Gasteiger partial charge in [0, 0.05) is 38.4 Å². The molecule has 0 bridgehead atoms. The summed E-state index contributed by atoms with van der Waals surface area (Å²) in [6.07, 6.45) is 1.68. The average molecular weight is 438 g/mol. The summed E-state index contributed by atoms with van der Waals surface area (Å²) in [4.78, 5) is 18.4. The lowest BCUT2D eigenvalue weighted by atomic mass is 10.3. The van der Waals surface area contributed by atoms with Crippen LogP contribution in [0.4, 0.5) is 0 Å². The molecule has 8 nitrogen and oxygen atoms in total. The predicted molar refractivity (Wildman–Crippen MR) is 110 cm³/mol. The van der Waals surface area contributed by atoms with E-state index in [2.05, 4.69) is 4.98 Å². The van der Waals surface area contributed by atoms with Crippen molar-refractivity contribution in [2.75, 3.05) is 46.2 Å². The monoisotopic (exact) mass is 437 g/mol. The number of hydrogen-bond acceptors (Lipinski definition) is 7. The third-order valence-corrected chi connectivity index (χ3v) is 7.41. The Bertz CT molecular complexity index is 946. The molecule has 2 heterocycles. The first-order valence-electron chi connectivity index (χ1n) is 8.99. The molecule has 0 aliphatic carbocycles. The second-order valence-electron chi connectivity index (χ2n) is 6.26. The number of hydrogen-bond donors (Lipinski definition) is 0. The smallest absolute Gasteiger partial charge is 0.247 e. The van der Waals surface area contributed by atoms with Gasteiger partial charge in [0.05, 0.1) is 25.0 Å². The number of carbonyl (C=O) groups excluding carboxylic acids is 1. The highest BCUT2D eigenvalue weighted by atomic mass is 32.2. The first-order chi connectivity index (χ1) is 14.0. The fourth-order valence-corrected chi connectivity index (χ4v) is 5.32. The Hall–Kier alpha value is -2.30. The van der Waals surface area contributed by atoms with Crippen LogP contribution in [0.3, 0.4) is 0 Å². The minimum absolute atomic E-state index is 0.0309. The zero-order valence-corrected chi connectivity index (χ0v) is 17.9. The summed E-state index contributed by atoms with van der Waals surface area (Å²) in [5.74, 6) is 0.936. The van der Waals surface area contributed by atoms with Crippen LogP contribution in [0.25, 0.3) is 0 Å². The first-order valence-corrected chi connectivity index (χ1v) is 11.4. The maximum absolute atomic E-state index is 13.1. The van der Waals surface area contributed by atoms with Gasteiger partial charge in [-0.1, -0.05) is 17.8 Å². The number of thioether (sulfide) groups is 1. The topological polar surface area (TPSA) is 89.0 Å². The van der Waals surface area contributed by atoms with Crippen molar-refractivity contribution in [1.82, 2.24) is 14.2 Å². The van der Waals surface area contributed by atoms with Crippen LogP contribution in [0.15, 0.2) is 52.5 Å². The molecule has 0 spiro atoms. The highest BCUT2D eigenvalue weighted by Gasteiger charge is 2.32. The zero-order valence-electron chi connectivity index (χ0n) is 16.3. The minimum Gasteiger partial charge on any atom is -0.497 e. The Labute approximate surface area is 174 Å². The normalized spacial score (nSPS) is 15.2. The molecule has 29 heavy (non-hydrogen) atoms. The van der Waals surface area contributed by atoms with Gasteiger partial charge in [-0.05, 0) is 24.3 Å². The van der Waals surface area contributed by atoms with E-state index in [1.54, 1.807) is 23.2 Å². The Kier molecular flexibility index (Phi) is 6.99. The molecule has 0 atom stereocenters. The molecule has 10 heteroatoms. The van der Waals surface area contributed by atoms with Crippen molar-refractivity contribution in [3.8, 4) is 11.5 Å². The van der Waals surface area contributed by atoms with Gasteiger partial charge in [-0.25, -0.2) is 13.4 Å². The highest BCUT2D eigenvalue weighted by molar-refractivity contribution is 7.99. The quantitative estimate of drug-likeness (QED) is 0.610. The van der Waals surface area contributed by atoms with Gasteiger partial charge in [0.2, 0.25) is 15.9 Å². The van der Waals surface area contributed by atoms with Crippen LogP contribution in [0.1, 0.15) is 0 Å². The van der Waals surface area contributed by atoms with Crippen molar-refractivity contribution in [3.63, 3.8) is 0 Å². The molecule has 1 aromatic carbocycles. The van der Waals surface area contributed by atoms with Crippen LogP contribution in [0.5, 0.6) is 11.5 Å². The molecule has 1 aliphatic heterocycles. The van der Waals surface area contributed by atoms with E-state index in [1.807, 2.05) is 18.2 Å². The fraction of sp³-hybridized carbons (Fsp3) is 0.368. The third-order valence-electron chi connectivity index (χ3n) is 4.56. The van der Waals surface area contributed by atoms with Crippen molar-refractivity contribution >= 4 is 27.7 Å².